The summed E-state index contributed by atoms with van der Waals surface area (Å²) in [4.78, 5) is 30.4. The third-order valence-corrected chi connectivity index (χ3v) is 4.99. The van der Waals surface area contributed by atoms with E-state index in [2.05, 4.69) is 15.2 Å². The Balaban J connectivity index is 1.56. The number of Topliss-reactive ketones (excluding diaryl/α,β-unsaturated/α-hetero) is 1. The number of anilines is 2. The van der Waals surface area contributed by atoms with Gasteiger partial charge in [0.2, 0.25) is 5.91 Å². The summed E-state index contributed by atoms with van der Waals surface area (Å²) < 4.78 is 0. The highest BCUT2D eigenvalue weighted by Gasteiger charge is 2.36. The van der Waals surface area contributed by atoms with Crippen molar-refractivity contribution in [3.05, 3.63) is 40.9 Å². The number of amides is 1. The van der Waals surface area contributed by atoms with E-state index in [9.17, 15) is 9.59 Å². The zero-order valence-corrected chi connectivity index (χ0v) is 12.7. The summed E-state index contributed by atoms with van der Waals surface area (Å²) in [6.45, 7) is 1.10. The van der Waals surface area contributed by atoms with E-state index in [0.717, 1.165) is 29.8 Å². The molecule has 1 N–H and O–H groups in total. The van der Waals surface area contributed by atoms with Crippen LogP contribution in [-0.4, -0.2) is 29.8 Å². The smallest absolute Gasteiger partial charge is 0.245 e. The molecule has 22 heavy (non-hydrogen) atoms. The number of nitrogens with zero attached hydrogens (tertiary/aromatic N) is 2. The van der Waals surface area contributed by atoms with Gasteiger partial charge in [-0.25, -0.2) is 4.98 Å². The van der Waals surface area contributed by atoms with Gasteiger partial charge < -0.3 is 10.2 Å². The highest BCUT2D eigenvalue weighted by Crippen LogP contribution is 2.44. The summed E-state index contributed by atoms with van der Waals surface area (Å²) in [6, 6.07) is 5.83. The lowest BCUT2D eigenvalue weighted by atomic mass is 9.83. The first-order valence-corrected chi connectivity index (χ1v) is 8.21. The van der Waals surface area contributed by atoms with E-state index in [1.165, 1.54) is 11.3 Å². The second kappa shape index (κ2) is 5.21. The number of nitrogens with one attached hydrogen (secondary N) is 1. The molecule has 0 radical (unpaired) electrons. The predicted molar refractivity (Wildman–Crippen MR) is 85.7 cm³/mol. The summed E-state index contributed by atoms with van der Waals surface area (Å²) in [5, 5.41) is 5.26. The van der Waals surface area contributed by atoms with Gasteiger partial charge in [0.05, 0.1) is 6.54 Å². The number of benzene rings is 1. The first kappa shape index (κ1) is 13.5. The molecule has 1 aromatic carbocycles. The number of hydrogen-bond donors (Lipinski definition) is 1. The van der Waals surface area contributed by atoms with Crippen molar-refractivity contribution in [3.63, 3.8) is 0 Å². The lowest BCUT2D eigenvalue weighted by molar-refractivity contribution is -0.115. The van der Waals surface area contributed by atoms with Crippen LogP contribution in [0.15, 0.2) is 29.8 Å². The lowest BCUT2D eigenvalue weighted by Crippen LogP contribution is -2.32. The maximum atomic E-state index is 12.2. The van der Waals surface area contributed by atoms with E-state index < -0.39 is 0 Å². The summed E-state index contributed by atoms with van der Waals surface area (Å²) in [7, 11) is 0. The van der Waals surface area contributed by atoms with Crippen LogP contribution in [0, 0.1) is 0 Å². The van der Waals surface area contributed by atoms with Gasteiger partial charge in [0.25, 0.3) is 0 Å². The molecular weight excluding hydrogens is 298 g/mol. The van der Waals surface area contributed by atoms with Gasteiger partial charge in [-0.15, -0.1) is 11.3 Å². The van der Waals surface area contributed by atoms with E-state index in [1.807, 2.05) is 23.6 Å². The summed E-state index contributed by atoms with van der Waals surface area (Å²) in [5.41, 5.74) is 3.02. The Bertz CT molecular complexity index is 742. The Hall–Kier alpha value is -2.21. The Labute approximate surface area is 132 Å². The molecule has 1 unspecified atom stereocenters. The number of thiazole rings is 1. The van der Waals surface area contributed by atoms with Crippen molar-refractivity contribution in [2.75, 3.05) is 23.3 Å². The van der Waals surface area contributed by atoms with Crippen LogP contribution < -0.4 is 10.2 Å². The average Bonchev–Trinajstić information content (AvgIpc) is 3.13. The van der Waals surface area contributed by atoms with Crippen LogP contribution in [0.5, 0.6) is 0 Å². The van der Waals surface area contributed by atoms with Crippen molar-refractivity contribution in [3.8, 4) is 0 Å². The molecule has 0 spiro atoms. The zero-order valence-electron chi connectivity index (χ0n) is 11.9. The average molecular weight is 313 g/mol. The van der Waals surface area contributed by atoms with Gasteiger partial charge in [-0.3, -0.25) is 9.59 Å². The first-order valence-electron chi connectivity index (χ1n) is 7.33. The van der Waals surface area contributed by atoms with Crippen LogP contribution >= 0.6 is 11.3 Å². The van der Waals surface area contributed by atoms with Crippen LogP contribution in [0.2, 0.25) is 0 Å². The SMILES string of the molecule is O=C(CN1CC2CCC(=O)c3cccc1c32)Nc1nccs1. The molecule has 0 saturated carbocycles. The molecule has 1 aliphatic heterocycles. The van der Waals surface area contributed by atoms with Gasteiger partial charge in [-0.2, -0.15) is 0 Å². The van der Waals surface area contributed by atoms with Gasteiger partial charge in [0, 0.05) is 41.7 Å². The van der Waals surface area contributed by atoms with Crippen molar-refractivity contribution in [2.24, 2.45) is 0 Å². The molecule has 4 rings (SSSR count). The molecule has 1 amide bonds. The minimum Gasteiger partial charge on any atom is -0.361 e. The maximum Gasteiger partial charge on any atom is 0.245 e. The predicted octanol–water partition coefficient (Wildman–Crippen LogP) is 2.66. The second-order valence-corrected chi connectivity index (χ2v) is 6.56. The van der Waals surface area contributed by atoms with E-state index in [4.69, 9.17) is 0 Å². The third kappa shape index (κ3) is 2.20. The van der Waals surface area contributed by atoms with Gasteiger partial charge in [-0.05, 0) is 18.1 Å². The monoisotopic (exact) mass is 313 g/mol. The number of carbonyl (C=O) groups excluding carboxylic acids is 2. The quantitative estimate of drug-likeness (QED) is 0.946. The first-order chi connectivity index (χ1) is 10.7. The normalized spacial score (nSPS) is 19.2. The molecule has 2 aromatic rings. The highest BCUT2D eigenvalue weighted by atomic mass is 32.1. The Morgan fingerprint density at radius 1 is 1.45 bits per heavy atom. The van der Waals surface area contributed by atoms with E-state index in [-0.39, 0.29) is 11.7 Å². The molecule has 5 nitrogen and oxygen atoms in total. The maximum absolute atomic E-state index is 12.2. The van der Waals surface area contributed by atoms with Crippen molar-refractivity contribution in [1.29, 1.82) is 0 Å². The van der Waals surface area contributed by atoms with E-state index in [1.54, 1.807) is 6.20 Å². The van der Waals surface area contributed by atoms with Crippen molar-refractivity contribution >= 4 is 33.8 Å². The number of carbonyl (C=O) groups is 2. The number of hydrogen-bond acceptors (Lipinski definition) is 5. The zero-order chi connectivity index (χ0) is 15.1. The highest BCUT2D eigenvalue weighted by molar-refractivity contribution is 7.13. The van der Waals surface area contributed by atoms with Crippen molar-refractivity contribution in [2.45, 2.75) is 18.8 Å². The molecule has 0 bridgehead atoms. The third-order valence-electron chi connectivity index (χ3n) is 4.31. The minimum absolute atomic E-state index is 0.0717. The van der Waals surface area contributed by atoms with Gasteiger partial charge in [0.1, 0.15) is 0 Å². The summed E-state index contributed by atoms with van der Waals surface area (Å²) in [5.74, 6) is 0.524. The Morgan fingerprint density at radius 3 is 3.18 bits per heavy atom. The minimum atomic E-state index is -0.0717. The van der Waals surface area contributed by atoms with Gasteiger partial charge in [-0.1, -0.05) is 12.1 Å². The molecule has 1 aliphatic carbocycles. The molecule has 0 saturated heterocycles. The molecule has 112 valence electrons. The molecule has 2 aliphatic rings. The topological polar surface area (TPSA) is 62.3 Å². The van der Waals surface area contributed by atoms with Crippen LogP contribution in [-0.2, 0) is 4.79 Å². The fourth-order valence-corrected chi connectivity index (χ4v) is 3.94. The molecule has 1 atom stereocenters. The van der Waals surface area contributed by atoms with Crippen molar-refractivity contribution in [1.82, 2.24) is 4.98 Å². The lowest BCUT2D eigenvalue weighted by Gasteiger charge is -2.18. The van der Waals surface area contributed by atoms with E-state index in [0.29, 0.717) is 24.0 Å². The second-order valence-electron chi connectivity index (χ2n) is 5.66. The molecule has 2 heterocycles. The standard InChI is InChI=1S/C16H15N3O2S/c20-13-5-4-10-8-19(12-3-1-2-11(13)15(10)12)9-14(21)18-16-17-6-7-22-16/h1-3,6-7,10H,4-5,8-9H2,(H,17,18,21). The Kier molecular flexibility index (Phi) is 3.18. The van der Waals surface area contributed by atoms with Gasteiger partial charge >= 0.3 is 0 Å². The van der Waals surface area contributed by atoms with Crippen LogP contribution in [0.25, 0.3) is 0 Å². The molecule has 1 aromatic heterocycles. The van der Waals surface area contributed by atoms with Crippen LogP contribution in [0.3, 0.4) is 0 Å². The summed E-state index contributed by atoms with van der Waals surface area (Å²) in [6.07, 6.45) is 3.16. The van der Waals surface area contributed by atoms with E-state index >= 15 is 0 Å². The molecule has 0 fully saturated rings. The van der Waals surface area contributed by atoms with Crippen LogP contribution in [0.4, 0.5) is 10.8 Å². The molecule has 6 heteroatoms. The largest absolute Gasteiger partial charge is 0.361 e. The number of aromatic nitrogens is 1. The fourth-order valence-electron chi connectivity index (χ4n) is 3.40. The fraction of sp³-hybridized carbons (Fsp3) is 0.312. The summed E-state index contributed by atoms with van der Waals surface area (Å²) >= 11 is 1.41. The van der Waals surface area contributed by atoms with Gasteiger partial charge in [0.15, 0.2) is 10.9 Å². The van der Waals surface area contributed by atoms with Crippen LogP contribution in [0.1, 0.15) is 34.7 Å². The number of rotatable bonds is 3. The van der Waals surface area contributed by atoms with Crippen molar-refractivity contribution < 1.29 is 9.59 Å². The molecular formula is C16H15N3O2S. The number of ketones is 1. The Morgan fingerprint density at radius 2 is 2.36 bits per heavy atom.